The minimum atomic E-state index is -1.17. The maximum absolute atomic E-state index is 13.7. The molecule has 2 atom stereocenters. The number of carbonyl (C=O) groups is 4. The van der Waals surface area contributed by atoms with Crippen LogP contribution in [0.15, 0.2) is 54.6 Å². The van der Waals surface area contributed by atoms with Gasteiger partial charge in [-0.2, -0.15) is 0 Å². The summed E-state index contributed by atoms with van der Waals surface area (Å²) in [6.07, 6.45) is -0.628. The van der Waals surface area contributed by atoms with Crippen LogP contribution in [-0.2, 0) is 30.3 Å². The number of nitrogens with zero attached hydrogens (tertiary/aromatic N) is 1. The van der Waals surface area contributed by atoms with Gasteiger partial charge in [-0.1, -0.05) is 42.5 Å². The molecule has 0 heterocycles. The van der Waals surface area contributed by atoms with E-state index in [0.29, 0.717) is 5.56 Å². The number of amides is 3. The third-order valence-corrected chi connectivity index (χ3v) is 5.10. The third kappa shape index (κ3) is 8.61. The molecule has 2 rings (SSSR count). The monoisotopic (exact) mass is 499 g/mol. The van der Waals surface area contributed by atoms with Crippen molar-refractivity contribution in [1.29, 1.82) is 0 Å². The van der Waals surface area contributed by atoms with Crippen molar-refractivity contribution in [3.05, 3.63) is 65.7 Å². The molecule has 0 aliphatic carbocycles. The number of likely N-dealkylation sites (N-methyl/N-ethyl adjacent to an activating group) is 1. The van der Waals surface area contributed by atoms with Gasteiger partial charge in [0.15, 0.2) is 0 Å². The number of hydrogen-bond acceptors (Lipinski definition) is 7. The van der Waals surface area contributed by atoms with E-state index in [1.54, 1.807) is 20.8 Å². The molecule has 3 amide bonds. The summed E-state index contributed by atoms with van der Waals surface area (Å²) in [4.78, 5) is 52.1. The number of alkyl carbamates (subject to hydrolysis) is 1. The zero-order valence-corrected chi connectivity index (χ0v) is 21.1. The average Bonchev–Trinajstić information content (AvgIpc) is 2.82. The maximum atomic E-state index is 13.7. The van der Waals surface area contributed by atoms with E-state index in [-0.39, 0.29) is 12.2 Å². The normalized spacial score (nSPS) is 12.6. The summed E-state index contributed by atoms with van der Waals surface area (Å²) in [5, 5.41) is 14.8. The predicted octanol–water partition coefficient (Wildman–Crippen LogP) is 2.32. The summed E-state index contributed by atoms with van der Waals surface area (Å²) >= 11 is 0. The fourth-order valence-corrected chi connectivity index (χ4v) is 3.41. The quantitative estimate of drug-likeness (QED) is 0.451. The Kier molecular flexibility index (Phi) is 9.83. The topological polar surface area (TPSA) is 134 Å². The zero-order chi connectivity index (χ0) is 26.9. The number of ether oxygens (including phenoxy) is 2. The molecule has 0 radical (unpaired) electrons. The molecular formula is C26H33N3O7. The van der Waals surface area contributed by atoms with Crippen molar-refractivity contribution in [3.8, 4) is 5.75 Å². The molecular weight excluding hydrogens is 466 g/mol. The van der Waals surface area contributed by atoms with Crippen LogP contribution in [0.2, 0.25) is 0 Å². The van der Waals surface area contributed by atoms with Gasteiger partial charge in [-0.3, -0.25) is 14.4 Å². The second-order valence-electron chi connectivity index (χ2n) is 9.13. The summed E-state index contributed by atoms with van der Waals surface area (Å²) in [7, 11) is 2.62. The van der Waals surface area contributed by atoms with E-state index in [1.807, 2.05) is 30.3 Å². The van der Waals surface area contributed by atoms with Gasteiger partial charge in [0.05, 0.1) is 7.11 Å². The van der Waals surface area contributed by atoms with Crippen molar-refractivity contribution >= 4 is 23.9 Å². The first kappa shape index (κ1) is 28.2. The fraction of sp³-hybridized carbons (Fsp3) is 0.385. The van der Waals surface area contributed by atoms with Gasteiger partial charge in [0.1, 0.15) is 30.0 Å². The van der Waals surface area contributed by atoms with Gasteiger partial charge in [-0.25, -0.2) is 4.79 Å². The number of phenols is 1. The first-order valence-corrected chi connectivity index (χ1v) is 11.3. The van der Waals surface area contributed by atoms with Gasteiger partial charge in [0.25, 0.3) is 0 Å². The average molecular weight is 500 g/mol. The highest BCUT2D eigenvalue weighted by atomic mass is 16.6. The first-order chi connectivity index (χ1) is 16.9. The van der Waals surface area contributed by atoms with Crippen molar-refractivity contribution in [2.24, 2.45) is 0 Å². The molecule has 0 aromatic heterocycles. The second kappa shape index (κ2) is 12.6. The Morgan fingerprint density at radius 2 is 1.61 bits per heavy atom. The van der Waals surface area contributed by atoms with Gasteiger partial charge < -0.3 is 30.1 Å². The summed E-state index contributed by atoms with van der Waals surface area (Å²) in [5.41, 5.74) is 0.400. The Bertz CT molecular complexity index is 1050. The van der Waals surface area contributed by atoms with E-state index in [0.717, 1.165) is 5.56 Å². The summed E-state index contributed by atoms with van der Waals surface area (Å²) in [6, 6.07) is 12.6. The highest BCUT2D eigenvalue weighted by molar-refractivity contribution is 5.93. The SMILES string of the molecule is COC(=O)CNC(=O)C(c1ccc(O)cc1)N(C)C(=O)C(Cc1ccccc1)NC(=O)OC(C)(C)C. The highest BCUT2D eigenvalue weighted by Gasteiger charge is 2.34. The Labute approximate surface area is 210 Å². The van der Waals surface area contributed by atoms with E-state index >= 15 is 0 Å². The smallest absolute Gasteiger partial charge is 0.408 e. The molecule has 0 fully saturated rings. The van der Waals surface area contributed by atoms with Crippen LogP contribution in [0, 0.1) is 0 Å². The molecule has 2 unspecified atom stereocenters. The number of phenolic OH excluding ortho intramolecular Hbond substituents is 1. The second-order valence-corrected chi connectivity index (χ2v) is 9.13. The van der Waals surface area contributed by atoms with Crippen LogP contribution < -0.4 is 10.6 Å². The van der Waals surface area contributed by atoms with Crippen molar-refractivity contribution in [1.82, 2.24) is 15.5 Å². The number of hydrogen-bond donors (Lipinski definition) is 3. The molecule has 0 aliphatic rings. The first-order valence-electron chi connectivity index (χ1n) is 11.3. The zero-order valence-electron chi connectivity index (χ0n) is 21.1. The van der Waals surface area contributed by atoms with Crippen molar-refractivity contribution < 1.29 is 33.8 Å². The van der Waals surface area contributed by atoms with Crippen LogP contribution in [-0.4, -0.2) is 66.2 Å². The van der Waals surface area contributed by atoms with Crippen LogP contribution in [0.3, 0.4) is 0 Å². The molecule has 0 spiro atoms. The van der Waals surface area contributed by atoms with E-state index in [2.05, 4.69) is 15.4 Å². The summed E-state index contributed by atoms with van der Waals surface area (Å²) in [6.45, 7) is 4.73. The number of methoxy groups -OCH3 is 1. The lowest BCUT2D eigenvalue weighted by atomic mass is 10.0. The van der Waals surface area contributed by atoms with E-state index < -0.39 is 48.1 Å². The lowest BCUT2D eigenvalue weighted by Crippen LogP contribution is -2.52. The van der Waals surface area contributed by atoms with Crippen molar-refractivity contribution in [3.63, 3.8) is 0 Å². The molecule has 2 aromatic carbocycles. The molecule has 3 N–H and O–H groups in total. The number of esters is 1. The van der Waals surface area contributed by atoms with Crippen molar-refractivity contribution in [2.45, 2.75) is 44.9 Å². The molecule has 0 bridgehead atoms. The predicted molar refractivity (Wildman–Crippen MR) is 132 cm³/mol. The van der Waals surface area contributed by atoms with Crippen LogP contribution in [0.5, 0.6) is 5.75 Å². The van der Waals surface area contributed by atoms with Crippen LogP contribution in [0.25, 0.3) is 0 Å². The van der Waals surface area contributed by atoms with E-state index in [9.17, 15) is 24.3 Å². The number of benzene rings is 2. The molecule has 0 saturated carbocycles. The van der Waals surface area contributed by atoms with Gasteiger partial charge >= 0.3 is 12.1 Å². The fourth-order valence-electron chi connectivity index (χ4n) is 3.41. The largest absolute Gasteiger partial charge is 0.508 e. The van der Waals surface area contributed by atoms with Gasteiger partial charge in [-0.15, -0.1) is 0 Å². The van der Waals surface area contributed by atoms with Gasteiger partial charge in [-0.05, 0) is 44.0 Å². The number of nitrogens with one attached hydrogen (secondary N) is 2. The van der Waals surface area contributed by atoms with Gasteiger partial charge in [0, 0.05) is 13.5 Å². The number of carbonyl (C=O) groups excluding carboxylic acids is 4. The van der Waals surface area contributed by atoms with Crippen LogP contribution >= 0.6 is 0 Å². The minimum Gasteiger partial charge on any atom is -0.508 e. The molecule has 10 heteroatoms. The van der Waals surface area contributed by atoms with E-state index in [1.165, 1.54) is 43.3 Å². The Morgan fingerprint density at radius 3 is 2.17 bits per heavy atom. The Hall–Kier alpha value is -4.08. The highest BCUT2D eigenvalue weighted by Crippen LogP contribution is 2.23. The maximum Gasteiger partial charge on any atom is 0.408 e. The lowest BCUT2D eigenvalue weighted by Gasteiger charge is -2.31. The summed E-state index contributed by atoms with van der Waals surface area (Å²) in [5.74, 6) is -1.88. The standard InChI is InChI=1S/C26H33N3O7/c1-26(2,3)36-25(34)28-20(15-17-9-7-6-8-10-17)24(33)29(4)22(18-11-13-19(30)14-12-18)23(32)27-16-21(31)35-5/h6-14,20,22,30H,15-16H2,1-5H3,(H,27,32)(H,28,34). The molecule has 0 aliphatic heterocycles. The Morgan fingerprint density at radius 1 is 1.00 bits per heavy atom. The molecule has 0 saturated heterocycles. The minimum absolute atomic E-state index is 0.0185. The van der Waals surface area contributed by atoms with Gasteiger partial charge in [0.2, 0.25) is 11.8 Å². The molecule has 194 valence electrons. The number of rotatable bonds is 9. The number of aromatic hydroxyl groups is 1. The molecule has 36 heavy (non-hydrogen) atoms. The molecule has 10 nitrogen and oxygen atoms in total. The van der Waals surface area contributed by atoms with E-state index in [4.69, 9.17) is 4.74 Å². The summed E-state index contributed by atoms with van der Waals surface area (Å²) < 4.78 is 9.91. The lowest BCUT2D eigenvalue weighted by molar-refractivity contribution is -0.143. The third-order valence-electron chi connectivity index (χ3n) is 5.10. The van der Waals surface area contributed by atoms with Crippen molar-refractivity contribution in [2.75, 3.05) is 20.7 Å². The molecule has 2 aromatic rings. The van der Waals surface area contributed by atoms with Crippen LogP contribution in [0.1, 0.15) is 37.9 Å². The van der Waals surface area contributed by atoms with Crippen LogP contribution in [0.4, 0.5) is 4.79 Å². The Balaban J connectivity index is 2.37.